The fraction of sp³-hybridized carbons (Fsp3) is 0.500. The number of aromatic amines is 1. The summed E-state index contributed by atoms with van der Waals surface area (Å²) < 4.78 is 0. The summed E-state index contributed by atoms with van der Waals surface area (Å²) in [5, 5.41) is 44.8. The lowest BCUT2D eigenvalue weighted by molar-refractivity contribution is -0.142. The number of aliphatic hydroxyl groups is 1. The van der Waals surface area contributed by atoms with Gasteiger partial charge in [0, 0.05) is 24.7 Å². The minimum absolute atomic E-state index is 0.0211. The van der Waals surface area contributed by atoms with E-state index in [1.54, 1.807) is 30.3 Å². The Kier molecular flexibility index (Phi) is 20.6. The van der Waals surface area contributed by atoms with Gasteiger partial charge in [0.25, 0.3) is 0 Å². The van der Waals surface area contributed by atoms with Gasteiger partial charge < -0.3 is 69.0 Å². The van der Waals surface area contributed by atoms with Crippen LogP contribution in [0.2, 0.25) is 0 Å². The lowest BCUT2D eigenvalue weighted by Gasteiger charge is -2.24. The van der Waals surface area contributed by atoms with Crippen LogP contribution in [0.5, 0.6) is 0 Å². The number of hydrogen-bond acceptors (Lipinski definition) is 13. The van der Waals surface area contributed by atoms with Crippen LogP contribution in [-0.2, 0) is 56.0 Å². The number of carbonyl (C=O) groups excluding carboxylic acids is 7. The van der Waals surface area contributed by atoms with Crippen molar-refractivity contribution in [1.29, 1.82) is 0 Å². The van der Waals surface area contributed by atoms with Gasteiger partial charge in [-0.2, -0.15) is 0 Å². The molecule has 2 rings (SSSR count). The molecular formula is C36H53N11O12. The van der Waals surface area contributed by atoms with Crippen molar-refractivity contribution in [2.45, 2.75) is 94.7 Å². The number of carboxylic acid groups (broad SMARTS) is 2. The number of nitrogens with zero attached hydrogens (tertiary/aromatic N) is 1. The summed E-state index contributed by atoms with van der Waals surface area (Å²) in [7, 11) is 0. The summed E-state index contributed by atoms with van der Waals surface area (Å²) >= 11 is 0. The largest absolute Gasteiger partial charge is 0.481 e. The fourth-order valence-electron chi connectivity index (χ4n) is 5.29. The van der Waals surface area contributed by atoms with Gasteiger partial charge in [-0.3, -0.25) is 38.4 Å². The first kappa shape index (κ1) is 48.7. The van der Waals surface area contributed by atoms with E-state index >= 15 is 0 Å². The van der Waals surface area contributed by atoms with Crippen LogP contribution in [0, 0.1) is 0 Å². The molecule has 7 unspecified atom stereocenters. The number of unbranched alkanes of at least 4 members (excludes halogenated alkanes) is 1. The number of aliphatic hydroxyl groups excluding tert-OH is 1. The topological polar surface area (TPSA) is 379 Å². The van der Waals surface area contributed by atoms with Crippen LogP contribution in [0.4, 0.5) is 0 Å². The normalized spacial score (nSPS) is 14.4. The molecule has 0 saturated heterocycles. The predicted octanol–water partition coefficient (Wildman–Crippen LogP) is -4.73. The van der Waals surface area contributed by atoms with Crippen LogP contribution in [0.3, 0.4) is 0 Å². The van der Waals surface area contributed by atoms with Crippen molar-refractivity contribution >= 4 is 53.3 Å². The monoisotopic (exact) mass is 831 g/mol. The maximum Gasteiger partial charge on any atom is 0.326 e. The van der Waals surface area contributed by atoms with E-state index in [9.17, 15) is 58.5 Å². The minimum atomic E-state index is -1.74. The van der Waals surface area contributed by atoms with Crippen LogP contribution in [0.25, 0.3) is 0 Å². The molecule has 15 N–H and O–H groups in total. The number of benzene rings is 1. The van der Waals surface area contributed by atoms with Gasteiger partial charge in [0.2, 0.25) is 41.4 Å². The quantitative estimate of drug-likeness (QED) is 0.0396. The number of aromatic nitrogens is 2. The highest BCUT2D eigenvalue weighted by Crippen LogP contribution is 2.07. The average molecular weight is 832 g/mol. The lowest BCUT2D eigenvalue weighted by atomic mass is 10.0. The summed E-state index contributed by atoms with van der Waals surface area (Å²) in [6, 6.07) is -0.998. The molecule has 7 amide bonds. The van der Waals surface area contributed by atoms with E-state index in [0.717, 1.165) is 0 Å². The summed E-state index contributed by atoms with van der Waals surface area (Å²) in [4.78, 5) is 120. The Labute approximate surface area is 338 Å². The zero-order valence-corrected chi connectivity index (χ0v) is 32.6. The minimum Gasteiger partial charge on any atom is -0.481 e. The maximum absolute atomic E-state index is 13.2. The maximum atomic E-state index is 13.2. The summed E-state index contributed by atoms with van der Waals surface area (Å²) in [5.74, 6) is -9.24. The number of carbonyl (C=O) groups is 9. The number of imidazole rings is 1. The van der Waals surface area contributed by atoms with Crippen molar-refractivity contribution < 1.29 is 58.5 Å². The molecule has 7 atom stereocenters. The van der Waals surface area contributed by atoms with Crippen molar-refractivity contribution in [1.82, 2.24) is 47.2 Å². The zero-order chi connectivity index (χ0) is 44.1. The second-order valence-corrected chi connectivity index (χ2v) is 13.5. The molecule has 0 aliphatic heterocycles. The van der Waals surface area contributed by atoms with Gasteiger partial charge in [-0.05, 0) is 45.2 Å². The van der Waals surface area contributed by atoms with Crippen molar-refractivity contribution in [3.8, 4) is 0 Å². The van der Waals surface area contributed by atoms with E-state index in [1.807, 2.05) is 0 Å². The van der Waals surface area contributed by atoms with Crippen LogP contribution >= 0.6 is 0 Å². The van der Waals surface area contributed by atoms with E-state index < -0.39 is 115 Å². The number of carboxylic acids is 2. The Morgan fingerprint density at radius 1 is 0.712 bits per heavy atom. The van der Waals surface area contributed by atoms with Gasteiger partial charge in [-0.1, -0.05) is 30.3 Å². The second kappa shape index (κ2) is 25.0. The van der Waals surface area contributed by atoms with E-state index in [-0.39, 0.29) is 19.3 Å². The van der Waals surface area contributed by atoms with E-state index in [4.69, 9.17) is 11.5 Å². The smallest absolute Gasteiger partial charge is 0.326 e. The summed E-state index contributed by atoms with van der Waals surface area (Å²) in [5.41, 5.74) is 12.6. The van der Waals surface area contributed by atoms with Gasteiger partial charge >= 0.3 is 11.9 Å². The molecule has 59 heavy (non-hydrogen) atoms. The van der Waals surface area contributed by atoms with Gasteiger partial charge in [-0.15, -0.1) is 0 Å². The molecule has 0 fully saturated rings. The van der Waals surface area contributed by atoms with Crippen LogP contribution < -0.4 is 48.7 Å². The predicted molar refractivity (Wildman–Crippen MR) is 206 cm³/mol. The third-order valence-electron chi connectivity index (χ3n) is 8.58. The van der Waals surface area contributed by atoms with E-state index in [2.05, 4.69) is 47.2 Å². The molecule has 0 saturated carbocycles. The van der Waals surface area contributed by atoms with Gasteiger partial charge in [0.15, 0.2) is 0 Å². The fourth-order valence-corrected chi connectivity index (χ4v) is 5.29. The highest BCUT2D eigenvalue weighted by atomic mass is 16.4. The van der Waals surface area contributed by atoms with Crippen LogP contribution in [-0.4, -0.2) is 141 Å². The third-order valence-corrected chi connectivity index (χ3v) is 8.58. The molecule has 0 radical (unpaired) electrons. The SMILES string of the molecule is CC(NC(=O)CNC(=O)C(CC(=O)O)NC(=O)C(C)NC(=O)C(CO)NC(=O)C(N)Cc1cnc[nH]1)C(=O)NC(CCCCN)C(=O)NC(Cc1ccccc1)C(=O)O. The summed E-state index contributed by atoms with van der Waals surface area (Å²) in [6.07, 6.45) is 2.91. The Morgan fingerprint density at radius 3 is 1.88 bits per heavy atom. The number of nitrogens with one attached hydrogen (secondary N) is 8. The highest BCUT2D eigenvalue weighted by molar-refractivity contribution is 5.97. The first-order chi connectivity index (χ1) is 27.9. The highest BCUT2D eigenvalue weighted by Gasteiger charge is 2.31. The van der Waals surface area contributed by atoms with Gasteiger partial charge in [-0.25, -0.2) is 9.78 Å². The standard InChI is InChI=1S/C36H53N11O12/c1-19(30(52)44-24(10-6-7-11-37)34(56)46-26(36(58)59)12-21-8-4-3-5-9-21)42-28(49)16-40-33(55)25(14-29(50)51)45-31(53)20(2)43-35(57)27(17-48)47-32(54)23(38)13-22-15-39-18-41-22/h3-5,8-9,15,18-20,23-27,48H,6-7,10-14,16-17,37-38H2,1-2H3,(H,39,41)(H,40,55)(H,42,49)(H,43,57)(H,44,52)(H,45,53)(H,46,56)(H,47,54)(H,50,51)(H,58,59). The molecule has 0 bridgehead atoms. The Hall–Kier alpha value is -6.46. The number of H-pyrrole nitrogens is 1. The zero-order valence-electron chi connectivity index (χ0n) is 32.6. The third kappa shape index (κ3) is 17.7. The van der Waals surface area contributed by atoms with Crippen molar-refractivity contribution in [3.05, 3.63) is 54.1 Å². The molecular weight excluding hydrogens is 778 g/mol. The van der Waals surface area contributed by atoms with Crippen LogP contribution in [0.1, 0.15) is 50.8 Å². The molecule has 23 nitrogen and oxygen atoms in total. The molecule has 0 spiro atoms. The van der Waals surface area contributed by atoms with Crippen LogP contribution in [0.15, 0.2) is 42.9 Å². The van der Waals surface area contributed by atoms with Crippen molar-refractivity contribution in [2.24, 2.45) is 11.5 Å². The first-order valence-electron chi connectivity index (χ1n) is 18.6. The number of amides is 7. The molecule has 1 aromatic carbocycles. The molecule has 1 aromatic heterocycles. The number of nitrogens with two attached hydrogens (primary N) is 2. The average Bonchev–Trinajstić information content (AvgIpc) is 3.70. The number of rotatable bonds is 26. The number of hydrogen-bond donors (Lipinski definition) is 13. The first-order valence-corrected chi connectivity index (χ1v) is 18.6. The Bertz CT molecular complexity index is 1750. The molecule has 1 heterocycles. The number of aliphatic carboxylic acids is 2. The van der Waals surface area contributed by atoms with Gasteiger partial charge in [0.05, 0.1) is 31.9 Å². The van der Waals surface area contributed by atoms with E-state index in [1.165, 1.54) is 26.4 Å². The van der Waals surface area contributed by atoms with Gasteiger partial charge in [0.1, 0.15) is 36.3 Å². The Balaban J connectivity index is 1.95. The molecule has 23 heteroatoms. The summed E-state index contributed by atoms with van der Waals surface area (Å²) in [6.45, 7) is 1.11. The Morgan fingerprint density at radius 2 is 1.31 bits per heavy atom. The lowest BCUT2D eigenvalue weighted by Crippen LogP contribution is -2.58. The van der Waals surface area contributed by atoms with Crippen molar-refractivity contribution in [3.63, 3.8) is 0 Å². The molecule has 2 aromatic rings. The molecule has 0 aliphatic carbocycles. The van der Waals surface area contributed by atoms with Crippen molar-refractivity contribution in [2.75, 3.05) is 19.7 Å². The van der Waals surface area contributed by atoms with E-state index in [0.29, 0.717) is 30.6 Å². The molecule has 324 valence electrons. The second-order valence-electron chi connectivity index (χ2n) is 13.5. The molecule has 0 aliphatic rings.